The molecule has 216 valence electrons. The van der Waals surface area contributed by atoms with Crippen LogP contribution in [0, 0.1) is 0 Å². The Bertz CT molecular complexity index is 1510. The Balaban J connectivity index is 1.19. The monoisotopic (exact) mass is 572 g/mol. The molecule has 0 saturated carbocycles. The van der Waals surface area contributed by atoms with E-state index in [4.69, 9.17) is 14.2 Å². The summed E-state index contributed by atoms with van der Waals surface area (Å²) in [5.74, 6) is 0.947. The quantitative estimate of drug-likeness (QED) is 0.306. The molecular formula is C30H29FN6O5. The second kappa shape index (κ2) is 13.5. The van der Waals surface area contributed by atoms with Gasteiger partial charge in [0, 0.05) is 43.4 Å². The number of piperidine rings is 1. The van der Waals surface area contributed by atoms with Crippen LogP contribution in [0.25, 0.3) is 11.4 Å². The number of nitrogens with zero attached hydrogens (tertiary/aromatic N) is 5. The van der Waals surface area contributed by atoms with Crippen molar-refractivity contribution in [3.63, 3.8) is 0 Å². The molecule has 0 spiro atoms. The van der Waals surface area contributed by atoms with Crippen LogP contribution in [-0.4, -0.2) is 68.7 Å². The van der Waals surface area contributed by atoms with E-state index in [-0.39, 0.29) is 31.7 Å². The number of likely N-dealkylation sites (tertiary alicyclic amines) is 1. The Labute approximate surface area is 241 Å². The number of hydrogen-bond acceptors (Lipinski definition) is 9. The summed E-state index contributed by atoms with van der Waals surface area (Å²) < 4.78 is 31.5. The number of carbonyl (C=O) groups excluding carboxylic acids is 2. The molecule has 11 nitrogen and oxygen atoms in total. The Morgan fingerprint density at radius 3 is 2.64 bits per heavy atom. The fourth-order valence-electron chi connectivity index (χ4n) is 4.31. The minimum absolute atomic E-state index is 0.0147. The minimum Gasteiger partial charge on any atom is -0.488 e. The number of hydrogen-bond donors (Lipinski definition) is 1. The van der Waals surface area contributed by atoms with Crippen molar-refractivity contribution in [2.45, 2.75) is 32.2 Å². The number of ether oxygens (including phenoxy) is 3. The van der Waals surface area contributed by atoms with E-state index in [0.717, 1.165) is 5.56 Å². The number of halogens is 1. The third-order valence-corrected chi connectivity index (χ3v) is 6.44. The number of alkyl halides is 1. The van der Waals surface area contributed by atoms with Crippen LogP contribution in [-0.2, 0) is 11.3 Å². The second-order valence-electron chi connectivity index (χ2n) is 9.42. The molecule has 1 saturated heterocycles. The van der Waals surface area contributed by atoms with Crippen molar-refractivity contribution in [2.75, 3.05) is 19.7 Å². The van der Waals surface area contributed by atoms with E-state index >= 15 is 0 Å². The van der Waals surface area contributed by atoms with E-state index < -0.39 is 24.2 Å². The fourth-order valence-corrected chi connectivity index (χ4v) is 4.31. The lowest BCUT2D eigenvalue weighted by atomic mass is 10.0. The standard InChI is InChI=1S/C30H29FN6O5/c1-2-40-26-9-6-11-33-29(26)42-23-13-21(14-32-17-23)27-34-15-22(16-35-27)28(38)36-25-18-37(12-10-24(25)31)30(39)41-19-20-7-4-3-5-8-20/h3-9,11,13-17,24-25H,2,10,12,18-19H2,1H3,(H,36,38)/t24-,25+/m0/s1. The van der Waals surface area contributed by atoms with Gasteiger partial charge in [-0.15, -0.1) is 0 Å². The molecule has 1 aliphatic heterocycles. The van der Waals surface area contributed by atoms with E-state index in [1.54, 1.807) is 30.6 Å². The predicted molar refractivity (Wildman–Crippen MR) is 150 cm³/mol. The van der Waals surface area contributed by atoms with Crippen LogP contribution >= 0.6 is 0 Å². The molecule has 1 aromatic carbocycles. The summed E-state index contributed by atoms with van der Waals surface area (Å²) in [6.45, 7) is 2.62. The SMILES string of the molecule is CCOc1cccnc1Oc1cncc(-c2ncc(C(=O)N[C@@H]3CN(C(=O)OCc4ccccc4)CC[C@@H]3F)cn2)c1. The molecule has 3 aromatic heterocycles. The lowest BCUT2D eigenvalue weighted by Gasteiger charge is -2.34. The molecule has 2 amide bonds. The first-order valence-corrected chi connectivity index (χ1v) is 13.4. The molecule has 0 aliphatic carbocycles. The number of rotatable bonds is 9. The van der Waals surface area contributed by atoms with Crippen molar-refractivity contribution in [1.29, 1.82) is 0 Å². The molecule has 1 aliphatic rings. The molecule has 12 heteroatoms. The van der Waals surface area contributed by atoms with Crippen LogP contribution in [0.2, 0.25) is 0 Å². The van der Waals surface area contributed by atoms with E-state index in [9.17, 15) is 14.0 Å². The van der Waals surface area contributed by atoms with E-state index in [2.05, 4.69) is 25.3 Å². The van der Waals surface area contributed by atoms with E-state index in [1.807, 2.05) is 37.3 Å². The molecule has 2 atom stereocenters. The van der Waals surface area contributed by atoms with Gasteiger partial charge in [0.25, 0.3) is 11.8 Å². The summed E-state index contributed by atoms with van der Waals surface area (Å²) >= 11 is 0. The van der Waals surface area contributed by atoms with Crippen molar-refractivity contribution >= 4 is 12.0 Å². The third kappa shape index (κ3) is 7.14. The van der Waals surface area contributed by atoms with Gasteiger partial charge < -0.3 is 24.4 Å². The molecule has 5 rings (SSSR count). The molecule has 4 aromatic rings. The molecule has 1 N–H and O–H groups in total. The average molecular weight is 573 g/mol. The number of amides is 2. The highest BCUT2D eigenvalue weighted by atomic mass is 19.1. The number of nitrogens with one attached hydrogen (secondary N) is 1. The van der Waals surface area contributed by atoms with Gasteiger partial charge in [-0.1, -0.05) is 30.3 Å². The number of carbonyl (C=O) groups is 2. The number of benzene rings is 1. The summed E-state index contributed by atoms with van der Waals surface area (Å²) in [5.41, 5.74) is 1.54. The van der Waals surface area contributed by atoms with Crippen molar-refractivity contribution in [1.82, 2.24) is 30.2 Å². The summed E-state index contributed by atoms with van der Waals surface area (Å²) in [4.78, 5) is 43.8. The maximum atomic E-state index is 14.7. The maximum absolute atomic E-state index is 14.7. The van der Waals surface area contributed by atoms with Crippen LogP contribution in [0.5, 0.6) is 17.4 Å². The first kappa shape index (κ1) is 28.4. The van der Waals surface area contributed by atoms with Crippen molar-refractivity contribution in [3.8, 4) is 28.8 Å². The Morgan fingerprint density at radius 1 is 1.05 bits per heavy atom. The van der Waals surface area contributed by atoms with Gasteiger partial charge in [0.15, 0.2) is 11.6 Å². The van der Waals surface area contributed by atoms with Crippen molar-refractivity contribution in [2.24, 2.45) is 0 Å². The molecular weight excluding hydrogens is 543 g/mol. The topological polar surface area (TPSA) is 129 Å². The lowest BCUT2D eigenvalue weighted by Crippen LogP contribution is -2.55. The molecule has 4 heterocycles. The van der Waals surface area contributed by atoms with Gasteiger partial charge in [-0.25, -0.2) is 24.1 Å². The van der Waals surface area contributed by atoms with Gasteiger partial charge in [-0.05, 0) is 37.1 Å². The fraction of sp³-hybridized carbons (Fsp3) is 0.267. The highest BCUT2D eigenvalue weighted by Crippen LogP contribution is 2.30. The largest absolute Gasteiger partial charge is 0.488 e. The maximum Gasteiger partial charge on any atom is 0.410 e. The molecule has 1 fully saturated rings. The number of aromatic nitrogens is 4. The van der Waals surface area contributed by atoms with Gasteiger partial charge in [0.2, 0.25) is 0 Å². The van der Waals surface area contributed by atoms with Crippen molar-refractivity contribution in [3.05, 3.63) is 90.6 Å². The Hall–Kier alpha value is -5.13. The minimum atomic E-state index is -1.32. The molecule has 0 bridgehead atoms. The highest BCUT2D eigenvalue weighted by molar-refractivity contribution is 5.94. The van der Waals surface area contributed by atoms with Crippen LogP contribution in [0.15, 0.2) is 79.5 Å². The van der Waals surface area contributed by atoms with Gasteiger partial charge in [-0.3, -0.25) is 9.78 Å². The first-order chi connectivity index (χ1) is 20.5. The average Bonchev–Trinajstić information content (AvgIpc) is 3.03. The van der Waals surface area contributed by atoms with Crippen molar-refractivity contribution < 1.29 is 28.2 Å². The Kier molecular flexibility index (Phi) is 9.12. The summed E-state index contributed by atoms with van der Waals surface area (Å²) in [6.07, 6.45) is 5.57. The zero-order valence-electron chi connectivity index (χ0n) is 22.9. The second-order valence-corrected chi connectivity index (χ2v) is 9.42. The number of pyridine rings is 2. The van der Waals surface area contributed by atoms with Gasteiger partial charge in [-0.2, -0.15) is 0 Å². The summed E-state index contributed by atoms with van der Waals surface area (Å²) in [5, 5.41) is 2.66. The normalized spacial score (nSPS) is 16.4. The zero-order valence-corrected chi connectivity index (χ0v) is 22.9. The van der Waals surface area contributed by atoms with Gasteiger partial charge in [0.1, 0.15) is 18.5 Å². The molecule has 42 heavy (non-hydrogen) atoms. The van der Waals surface area contributed by atoms with Gasteiger partial charge >= 0.3 is 6.09 Å². The lowest BCUT2D eigenvalue weighted by molar-refractivity contribution is 0.0591. The summed E-state index contributed by atoms with van der Waals surface area (Å²) in [7, 11) is 0. The zero-order chi connectivity index (χ0) is 29.3. The molecule has 0 radical (unpaired) electrons. The van der Waals surface area contributed by atoms with Gasteiger partial charge in [0.05, 0.1) is 24.4 Å². The van der Waals surface area contributed by atoms with Crippen LogP contribution in [0.3, 0.4) is 0 Å². The Morgan fingerprint density at radius 2 is 1.86 bits per heavy atom. The van der Waals surface area contributed by atoms with Crippen LogP contribution < -0.4 is 14.8 Å². The highest BCUT2D eigenvalue weighted by Gasteiger charge is 2.33. The smallest absolute Gasteiger partial charge is 0.410 e. The van der Waals surface area contributed by atoms with Crippen LogP contribution in [0.1, 0.15) is 29.3 Å². The van der Waals surface area contributed by atoms with E-state index in [0.29, 0.717) is 35.4 Å². The van der Waals surface area contributed by atoms with Crippen LogP contribution in [0.4, 0.5) is 9.18 Å². The predicted octanol–water partition coefficient (Wildman–Crippen LogP) is 4.60. The van der Waals surface area contributed by atoms with E-state index in [1.165, 1.54) is 23.5 Å². The summed E-state index contributed by atoms with van der Waals surface area (Å²) in [6, 6.07) is 13.6. The molecule has 0 unspecified atom stereocenters. The first-order valence-electron chi connectivity index (χ1n) is 13.4. The third-order valence-electron chi connectivity index (χ3n) is 6.44.